The van der Waals surface area contributed by atoms with Crippen molar-refractivity contribution in [3.8, 4) is 5.75 Å². The van der Waals surface area contributed by atoms with Crippen LogP contribution < -0.4 is 4.74 Å². The van der Waals surface area contributed by atoms with E-state index in [1.807, 2.05) is 48.5 Å². The van der Waals surface area contributed by atoms with Crippen molar-refractivity contribution in [2.45, 2.75) is 30.5 Å². The van der Waals surface area contributed by atoms with Crippen LogP contribution >= 0.6 is 0 Å². The Morgan fingerprint density at radius 2 is 1.55 bits per heavy atom. The van der Waals surface area contributed by atoms with Crippen molar-refractivity contribution in [1.29, 1.82) is 0 Å². The first-order valence-corrected chi connectivity index (χ1v) is 10.1. The number of ketones is 1. The average molecular weight is 416 g/mol. The molecule has 1 N–H and O–H groups in total. The Morgan fingerprint density at radius 1 is 0.968 bits per heavy atom. The van der Waals surface area contributed by atoms with Crippen LogP contribution in [0.3, 0.4) is 0 Å². The topological polar surface area (TPSA) is 72.8 Å². The zero-order valence-corrected chi connectivity index (χ0v) is 17.4. The van der Waals surface area contributed by atoms with Crippen molar-refractivity contribution >= 4 is 11.8 Å². The zero-order chi connectivity index (χ0) is 22.1. The lowest BCUT2D eigenvalue weighted by molar-refractivity contribution is -0.164. The minimum atomic E-state index is -1.81. The van der Waals surface area contributed by atoms with Gasteiger partial charge >= 0.3 is 5.97 Å². The van der Waals surface area contributed by atoms with E-state index in [-0.39, 0.29) is 6.42 Å². The number of carbonyl (C=O) groups excluding carboxylic acids is 2. The molecule has 0 radical (unpaired) electrons. The third-order valence-corrected chi connectivity index (χ3v) is 5.96. The fourth-order valence-corrected chi connectivity index (χ4v) is 4.40. The number of ether oxygens (including phenoxy) is 2. The number of hydrogen-bond donors (Lipinski definition) is 1. The van der Waals surface area contributed by atoms with Gasteiger partial charge in [-0.2, -0.15) is 0 Å². The summed E-state index contributed by atoms with van der Waals surface area (Å²) in [4.78, 5) is 26.6. The maximum Gasteiger partial charge on any atom is 0.306 e. The Morgan fingerprint density at radius 3 is 2.19 bits per heavy atom. The molecule has 1 unspecified atom stereocenters. The highest BCUT2D eigenvalue weighted by atomic mass is 16.5. The van der Waals surface area contributed by atoms with Crippen LogP contribution in [0.15, 0.2) is 84.9 Å². The van der Waals surface area contributed by atoms with E-state index in [9.17, 15) is 14.7 Å². The van der Waals surface area contributed by atoms with Gasteiger partial charge in [0.25, 0.3) is 0 Å². The Hall–Kier alpha value is -3.44. The van der Waals surface area contributed by atoms with Gasteiger partial charge in [-0.15, -0.1) is 0 Å². The van der Waals surface area contributed by atoms with Gasteiger partial charge in [-0.25, -0.2) is 0 Å². The SMILES string of the molecule is COC(=O)C[C@@H](c1ccccc1)C1(c2ccccc2)Oc2ccccc2[C@@](C)(O)C1=O. The molecule has 3 aromatic rings. The van der Waals surface area contributed by atoms with Crippen LogP contribution in [0.25, 0.3) is 0 Å². The molecule has 1 aliphatic rings. The van der Waals surface area contributed by atoms with Crippen LogP contribution in [0.5, 0.6) is 5.75 Å². The summed E-state index contributed by atoms with van der Waals surface area (Å²) in [6.07, 6.45) is -0.0978. The highest BCUT2D eigenvalue weighted by Gasteiger charge is 2.60. The summed E-state index contributed by atoms with van der Waals surface area (Å²) in [5.74, 6) is -1.32. The van der Waals surface area contributed by atoms with Gasteiger partial charge < -0.3 is 14.6 Å². The van der Waals surface area contributed by atoms with E-state index in [1.165, 1.54) is 14.0 Å². The summed E-state index contributed by atoms with van der Waals surface area (Å²) >= 11 is 0. The normalized spacial score (nSPS) is 23.4. The number of esters is 1. The molecular formula is C26H24O5. The zero-order valence-electron chi connectivity index (χ0n) is 17.4. The van der Waals surface area contributed by atoms with Crippen molar-refractivity contribution in [2.75, 3.05) is 7.11 Å². The van der Waals surface area contributed by atoms with Gasteiger partial charge in [0.1, 0.15) is 5.75 Å². The Labute approximate surface area is 181 Å². The number of Topliss-reactive ketones (excluding diaryl/α,β-unsaturated/α-hetero) is 1. The van der Waals surface area contributed by atoms with E-state index in [4.69, 9.17) is 9.47 Å². The fraction of sp³-hybridized carbons (Fsp3) is 0.231. The van der Waals surface area contributed by atoms with E-state index in [0.29, 0.717) is 16.9 Å². The summed E-state index contributed by atoms with van der Waals surface area (Å²) in [5, 5.41) is 11.4. The van der Waals surface area contributed by atoms with E-state index < -0.39 is 28.9 Å². The van der Waals surface area contributed by atoms with E-state index in [0.717, 1.165) is 5.56 Å². The second kappa shape index (κ2) is 8.00. The molecule has 5 nitrogen and oxygen atoms in total. The van der Waals surface area contributed by atoms with Gasteiger partial charge in [0.2, 0.25) is 11.4 Å². The highest BCUT2D eigenvalue weighted by molar-refractivity contribution is 5.99. The maximum absolute atomic E-state index is 14.1. The molecule has 4 rings (SSSR count). The van der Waals surface area contributed by atoms with E-state index >= 15 is 0 Å². The lowest BCUT2D eigenvalue weighted by Gasteiger charge is -2.47. The van der Waals surface area contributed by atoms with Gasteiger partial charge in [0, 0.05) is 17.0 Å². The molecular weight excluding hydrogens is 392 g/mol. The molecule has 158 valence electrons. The average Bonchev–Trinajstić information content (AvgIpc) is 2.81. The maximum atomic E-state index is 14.1. The fourth-order valence-electron chi connectivity index (χ4n) is 4.40. The molecule has 5 heteroatoms. The summed E-state index contributed by atoms with van der Waals surface area (Å²) in [6, 6.07) is 25.2. The number of rotatable bonds is 5. The van der Waals surface area contributed by atoms with Gasteiger partial charge in [-0.1, -0.05) is 78.9 Å². The minimum absolute atomic E-state index is 0.0978. The monoisotopic (exact) mass is 416 g/mol. The Balaban J connectivity index is 2.02. The molecule has 31 heavy (non-hydrogen) atoms. The summed E-state index contributed by atoms with van der Waals surface area (Å²) in [5.41, 5.74) is -1.74. The largest absolute Gasteiger partial charge is 0.473 e. The number of carbonyl (C=O) groups is 2. The van der Waals surface area contributed by atoms with Crippen LogP contribution in [-0.2, 0) is 25.5 Å². The molecule has 0 bridgehead atoms. The summed E-state index contributed by atoms with van der Waals surface area (Å²) in [7, 11) is 1.31. The van der Waals surface area contributed by atoms with Crippen LogP contribution in [0, 0.1) is 0 Å². The molecule has 0 spiro atoms. The smallest absolute Gasteiger partial charge is 0.306 e. The number of aliphatic hydroxyl groups is 1. The quantitative estimate of drug-likeness (QED) is 0.634. The van der Waals surface area contributed by atoms with Crippen LogP contribution in [0.4, 0.5) is 0 Å². The second-order valence-corrected chi connectivity index (χ2v) is 7.84. The van der Waals surface area contributed by atoms with Gasteiger partial charge in [0.05, 0.1) is 13.5 Å². The van der Waals surface area contributed by atoms with Crippen molar-refractivity contribution in [1.82, 2.24) is 0 Å². The molecule has 0 aliphatic carbocycles. The van der Waals surface area contributed by atoms with Crippen molar-refractivity contribution in [3.05, 3.63) is 102 Å². The summed E-state index contributed by atoms with van der Waals surface area (Å²) < 4.78 is 11.5. The molecule has 0 aromatic heterocycles. The van der Waals surface area contributed by atoms with E-state index in [2.05, 4.69) is 0 Å². The number of benzene rings is 3. The molecule has 0 fully saturated rings. The second-order valence-electron chi connectivity index (χ2n) is 7.84. The minimum Gasteiger partial charge on any atom is -0.473 e. The van der Waals surface area contributed by atoms with Crippen LogP contribution in [-0.4, -0.2) is 24.0 Å². The first-order chi connectivity index (χ1) is 14.9. The summed E-state index contributed by atoms with van der Waals surface area (Å²) in [6.45, 7) is 1.48. The van der Waals surface area contributed by atoms with Gasteiger partial charge in [-0.05, 0) is 18.6 Å². The van der Waals surface area contributed by atoms with Gasteiger partial charge in [-0.3, -0.25) is 9.59 Å². The number of fused-ring (bicyclic) bond motifs is 1. The standard InChI is InChI=1S/C26H24O5/c1-25(29)20-15-9-10-16-22(20)31-26(24(25)28,19-13-7-4-8-14-19)21(17-23(27)30-2)18-11-5-3-6-12-18/h3-16,21,29H,17H2,1-2H3/t21-,25+,26?/m0/s1. The first kappa shape index (κ1) is 20.8. The predicted molar refractivity (Wildman–Crippen MR) is 116 cm³/mol. The predicted octanol–water partition coefficient (Wildman–Crippen LogP) is 4.10. The molecule has 0 saturated carbocycles. The lowest BCUT2D eigenvalue weighted by atomic mass is 9.66. The third-order valence-electron chi connectivity index (χ3n) is 5.96. The first-order valence-electron chi connectivity index (χ1n) is 10.1. The van der Waals surface area contributed by atoms with Crippen LogP contribution in [0.1, 0.15) is 36.0 Å². The van der Waals surface area contributed by atoms with Crippen molar-refractivity contribution in [3.63, 3.8) is 0 Å². The Bertz CT molecular complexity index is 1090. The number of para-hydroxylation sites is 1. The molecule has 3 aromatic carbocycles. The molecule has 1 heterocycles. The van der Waals surface area contributed by atoms with Crippen LogP contribution in [0.2, 0.25) is 0 Å². The molecule has 0 amide bonds. The molecule has 1 aliphatic heterocycles. The van der Waals surface area contributed by atoms with Gasteiger partial charge in [0.15, 0.2) is 5.60 Å². The third kappa shape index (κ3) is 3.41. The number of hydrogen-bond acceptors (Lipinski definition) is 5. The Kier molecular flexibility index (Phi) is 5.38. The molecule has 0 saturated heterocycles. The molecule has 3 atom stereocenters. The van der Waals surface area contributed by atoms with E-state index in [1.54, 1.807) is 36.4 Å². The van der Waals surface area contributed by atoms with Crippen molar-refractivity contribution in [2.24, 2.45) is 0 Å². The highest BCUT2D eigenvalue weighted by Crippen LogP contribution is 2.52. The number of methoxy groups -OCH3 is 1. The van der Waals surface area contributed by atoms with Crippen molar-refractivity contribution < 1.29 is 24.2 Å². The lowest BCUT2D eigenvalue weighted by Crippen LogP contribution is -2.58.